The molecule has 2 aromatic rings. The summed E-state index contributed by atoms with van der Waals surface area (Å²) in [5.41, 5.74) is 9.34. The Hall–Kier alpha value is -1.48. The fourth-order valence-corrected chi connectivity index (χ4v) is 2.33. The first kappa shape index (κ1) is 12.0. The van der Waals surface area contributed by atoms with Gasteiger partial charge in [0.05, 0.1) is 11.0 Å². The molecule has 90 valence electrons. The van der Waals surface area contributed by atoms with Crippen LogP contribution in [0.5, 0.6) is 0 Å². The van der Waals surface area contributed by atoms with Crippen LogP contribution in [0.2, 0.25) is 0 Å². The summed E-state index contributed by atoms with van der Waals surface area (Å²) in [5.74, 6) is 0.502. The Morgan fingerprint density at radius 1 is 1.12 bits per heavy atom. The normalized spacial score (nSPS) is 13.2. The maximum absolute atomic E-state index is 6.36. The van der Waals surface area contributed by atoms with Crippen LogP contribution in [0.1, 0.15) is 38.3 Å². The topological polar surface area (TPSA) is 51.8 Å². The van der Waals surface area contributed by atoms with Gasteiger partial charge >= 0.3 is 0 Å². The van der Waals surface area contributed by atoms with E-state index < -0.39 is 0 Å². The summed E-state index contributed by atoms with van der Waals surface area (Å²) < 4.78 is 0. The molecule has 0 amide bonds. The Labute approximate surface area is 102 Å². The van der Waals surface area contributed by atoms with Crippen LogP contribution in [0, 0.1) is 5.92 Å². The summed E-state index contributed by atoms with van der Waals surface area (Å²) >= 11 is 0. The van der Waals surface area contributed by atoms with Gasteiger partial charge in [0.25, 0.3) is 0 Å². The fourth-order valence-electron chi connectivity index (χ4n) is 2.33. The lowest BCUT2D eigenvalue weighted by Gasteiger charge is -2.22. The van der Waals surface area contributed by atoms with Gasteiger partial charge in [0.2, 0.25) is 0 Å². The van der Waals surface area contributed by atoms with E-state index in [9.17, 15) is 0 Å². The van der Waals surface area contributed by atoms with E-state index in [1.54, 1.807) is 12.4 Å². The Morgan fingerprint density at radius 3 is 2.53 bits per heavy atom. The molecule has 1 atom stereocenters. The first-order valence-electron chi connectivity index (χ1n) is 6.23. The van der Waals surface area contributed by atoms with E-state index in [-0.39, 0.29) is 6.04 Å². The van der Waals surface area contributed by atoms with Crippen molar-refractivity contribution in [1.82, 2.24) is 9.97 Å². The number of aromatic nitrogens is 2. The van der Waals surface area contributed by atoms with Crippen LogP contribution in [0.25, 0.3) is 11.0 Å². The molecule has 1 aromatic heterocycles. The molecule has 0 radical (unpaired) electrons. The highest BCUT2D eigenvalue weighted by Crippen LogP contribution is 2.28. The van der Waals surface area contributed by atoms with Gasteiger partial charge in [-0.1, -0.05) is 38.8 Å². The summed E-state index contributed by atoms with van der Waals surface area (Å²) in [6.07, 6.45) is 5.63. The molecule has 1 heterocycles. The maximum Gasteiger partial charge on any atom is 0.0934 e. The molecule has 1 unspecified atom stereocenters. The van der Waals surface area contributed by atoms with Gasteiger partial charge in [-0.05, 0) is 17.5 Å². The second-order valence-electron chi connectivity index (χ2n) is 4.37. The van der Waals surface area contributed by atoms with E-state index in [1.807, 2.05) is 12.1 Å². The van der Waals surface area contributed by atoms with Crippen molar-refractivity contribution in [3.63, 3.8) is 0 Å². The third-order valence-electron chi connectivity index (χ3n) is 3.45. The maximum atomic E-state index is 6.36. The minimum atomic E-state index is 0.0467. The second kappa shape index (κ2) is 5.23. The molecule has 3 heteroatoms. The van der Waals surface area contributed by atoms with Gasteiger partial charge in [-0.3, -0.25) is 9.97 Å². The molecule has 0 aliphatic rings. The van der Waals surface area contributed by atoms with E-state index in [4.69, 9.17) is 5.73 Å². The summed E-state index contributed by atoms with van der Waals surface area (Å²) in [5, 5.41) is 0. The summed E-state index contributed by atoms with van der Waals surface area (Å²) in [4.78, 5) is 8.73. The third-order valence-corrected chi connectivity index (χ3v) is 3.45. The standard InChI is InChI=1S/C14H19N3/c1-3-10(4-2)13(15)11-6-5-7-12-14(11)17-9-8-16-12/h5-10,13H,3-4,15H2,1-2H3. The molecule has 3 nitrogen and oxygen atoms in total. The van der Waals surface area contributed by atoms with Crippen molar-refractivity contribution in [2.75, 3.05) is 0 Å². The van der Waals surface area contributed by atoms with Crippen molar-refractivity contribution in [1.29, 1.82) is 0 Å². The smallest absolute Gasteiger partial charge is 0.0934 e. The number of nitrogens with two attached hydrogens (primary N) is 1. The van der Waals surface area contributed by atoms with Crippen LogP contribution in [0.4, 0.5) is 0 Å². The van der Waals surface area contributed by atoms with Gasteiger partial charge < -0.3 is 5.73 Å². The van der Waals surface area contributed by atoms with Gasteiger partial charge in [0, 0.05) is 18.4 Å². The molecule has 0 spiro atoms. The average molecular weight is 229 g/mol. The lowest BCUT2D eigenvalue weighted by atomic mass is 9.89. The molecule has 0 aliphatic carbocycles. The van der Waals surface area contributed by atoms with Crippen LogP contribution in [0.3, 0.4) is 0 Å². The number of nitrogens with zero attached hydrogens (tertiary/aromatic N) is 2. The first-order chi connectivity index (χ1) is 8.27. The van der Waals surface area contributed by atoms with Gasteiger partial charge in [-0.25, -0.2) is 0 Å². The molecule has 0 aliphatic heterocycles. The van der Waals surface area contributed by atoms with Crippen molar-refractivity contribution in [3.8, 4) is 0 Å². The van der Waals surface area contributed by atoms with Crippen molar-refractivity contribution >= 4 is 11.0 Å². The molecule has 0 saturated carbocycles. The average Bonchev–Trinajstić information content (AvgIpc) is 2.39. The highest BCUT2D eigenvalue weighted by atomic mass is 14.8. The minimum absolute atomic E-state index is 0.0467. The zero-order valence-corrected chi connectivity index (χ0v) is 10.4. The minimum Gasteiger partial charge on any atom is -0.324 e. The Bertz CT molecular complexity index is 486. The highest BCUT2D eigenvalue weighted by molar-refractivity contribution is 5.78. The van der Waals surface area contributed by atoms with E-state index in [2.05, 4.69) is 29.9 Å². The Morgan fingerprint density at radius 2 is 1.82 bits per heavy atom. The largest absolute Gasteiger partial charge is 0.324 e. The number of hydrogen-bond acceptors (Lipinski definition) is 3. The molecule has 2 N–H and O–H groups in total. The predicted octanol–water partition coefficient (Wildman–Crippen LogP) is 3.07. The van der Waals surface area contributed by atoms with Crippen LogP contribution in [-0.2, 0) is 0 Å². The van der Waals surface area contributed by atoms with Gasteiger partial charge in [0.15, 0.2) is 0 Å². The molecule has 0 fully saturated rings. The number of fused-ring (bicyclic) bond motifs is 1. The van der Waals surface area contributed by atoms with Crippen molar-refractivity contribution in [3.05, 3.63) is 36.2 Å². The lowest BCUT2D eigenvalue weighted by molar-refractivity contribution is 0.407. The van der Waals surface area contributed by atoms with Gasteiger partial charge in [-0.15, -0.1) is 0 Å². The number of hydrogen-bond donors (Lipinski definition) is 1. The molecular weight excluding hydrogens is 210 g/mol. The number of para-hydroxylation sites is 1. The second-order valence-corrected chi connectivity index (χ2v) is 4.37. The molecule has 0 saturated heterocycles. The number of rotatable bonds is 4. The van der Waals surface area contributed by atoms with Crippen molar-refractivity contribution in [2.45, 2.75) is 32.7 Å². The molecular formula is C14H19N3. The summed E-state index contributed by atoms with van der Waals surface area (Å²) in [7, 11) is 0. The zero-order valence-electron chi connectivity index (χ0n) is 10.4. The highest BCUT2D eigenvalue weighted by Gasteiger charge is 2.18. The quantitative estimate of drug-likeness (QED) is 0.876. The third kappa shape index (κ3) is 2.29. The SMILES string of the molecule is CCC(CC)C(N)c1cccc2nccnc12. The van der Waals surface area contributed by atoms with Crippen LogP contribution in [-0.4, -0.2) is 9.97 Å². The predicted molar refractivity (Wildman–Crippen MR) is 70.5 cm³/mol. The summed E-state index contributed by atoms with van der Waals surface area (Å²) in [6.45, 7) is 4.37. The molecule has 1 aromatic carbocycles. The van der Waals surface area contributed by atoms with Crippen molar-refractivity contribution in [2.24, 2.45) is 11.7 Å². The molecule has 17 heavy (non-hydrogen) atoms. The molecule has 0 bridgehead atoms. The van der Waals surface area contributed by atoms with E-state index in [0.29, 0.717) is 5.92 Å². The summed E-state index contributed by atoms with van der Waals surface area (Å²) in [6, 6.07) is 6.10. The monoisotopic (exact) mass is 229 g/mol. The van der Waals surface area contributed by atoms with Crippen LogP contribution < -0.4 is 5.73 Å². The Kier molecular flexibility index (Phi) is 3.69. The van der Waals surface area contributed by atoms with Gasteiger partial charge in [-0.2, -0.15) is 0 Å². The first-order valence-corrected chi connectivity index (χ1v) is 6.23. The van der Waals surface area contributed by atoms with E-state index in [0.717, 1.165) is 29.4 Å². The van der Waals surface area contributed by atoms with E-state index >= 15 is 0 Å². The lowest BCUT2D eigenvalue weighted by Crippen LogP contribution is -2.21. The van der Waals surface area contributed by atoms with Crippen LogP contribution >= 0.6 is 0 Å². The Balaban J connectivity index is 2.47. The van der Waals surface area contributed by atoms with Crippen LogP contribution in [0.15, 0.2) is 30.6 Å². The van der Waals surface area contributed by atoms with E-state index in [1.165, 1.54) is 0 Å². The zero-order chi connectivity index (χ0) is 12.3. The van der Waals surface area contributed by atoms with Crippen molar-refractivity contribution < 1.29 is 0 Å². The van der Waals surface area contributed by atoms with Gasteiger partial charge in [0.1, 0.15) is 0 Å². The number of benzene rings is 1. The molecule has 2 rings (SSSR count). The fraction of sp³-hybridized carbons (Fsp3) is 0.429.